The first-order valence-electron chi connectivity index (χ1n) is 19.4. The van der Waals surface area contributed by atoms with Gasteiger partial charge in [-0.1, -0.05) is 0 Å². The summed E-state index contributed by atoms with van der Waals surface area (Å²) in [5.41, 5.74) is 6.67. The molecule has 292 valence electrons. The van der Waals surface area contributed by atoms with Gasteiger partial charge in [0.25, 0.3) is 0 Å². The fourth-order valence-corrected chi connectivity index (χ4v) is 11.4. The van der Waals surface area contributed by atoms with Crippen LogP contribution >= 0.6 is 22.7 Å². The summed E-state index contributed by atoms with van der Waals surface area (Å²) in [6, 6.07) is 11.9. The molecule has 3 N–H and O–H groups in total. The maximum atomic E-state index is 13.1. The zero-order valence-electron chi connectivity index (χ0n) is 31.2. The minimum Gasteiger partial charge on any atom is -0.481 e. The van der Waals surface area contributed by atoms with Gasteiger partial charge in [-0.15, -0.1) is 22.7 Å². The molecule has 17 heteroatoms. The molecule has 10 heterocycles. The summed E-state index contributed by atoms with van der Waals surface area (Å²) >= 11 is 3.29. The minimum absolute atomic E-state index is 0.0718. The number of fused-ring (bicyclic) bond motifs is 8. The number of nitrogens with one attached hydrogen (secondary N) is 2. The third-order valence-corrected chi connectivity index (χ3v) is 14.2. The van der Waals surface area contributed by atoms with E-state index in [-0.39, 0.29) is 17.3 Å². The number of aromatic nitrogens is 8. The molecule has 2 aliphatic carbocycles. The van der Waals surface area contributed by atoms with E-state index in [1.54, 1.807) is 52.2 Å². The van der Waals surface area contributed by atoms with Gasteiger partial charge >= 0.3 is 5.97 Å². The van der Waals surface area contributed by atoms with Crippen LogP contribution in [0.5, 0.6) is 0 Å². The van der Waals surface area contributed by atoms with Crippen molar-refractivity contribution in [1.82, 2.24) is 44.1 Å². The minimum atomic E-state index is -0.716. The zero-order valence-corrected chi connectivity index (χ0v) is 32.8. The summed E-state index contributed by atoms with van der Waals surface area (Å²) < 4.78 is 8.99. The van der Waals surface area contributed by atoms with E-state index in [2.05, 4.69) is 46.8 Å². The molecule has 1 spiro atoms. The third-order valence-electron chi connectivity index (χ3n) is 11.9. The molecular formula is C41H37N11O4S2. The predicted molar refractivity (Wildman–Crippen MR) is 220 cm³/mol. The van der Waals surface area contributed by atoms with Crippen molar-refractivity contribution in [3.05, 3.63) is 94.7 Å². The number of likely N-dealkylation sites (tertiary alicyclic amines) is 1. The fraction of sp³-hybridized carbons (Fsp3) is 0.317. The number of anilines is 4. The van der Waals surface area contributed by atoms with Crippen LogP contribution in [0.2, 0.25) is 0 Å². The molecule has 58 heavy (non-hydrogen) atoms. The summed E-state index contributed by atoms with van der Waals surface area (Å²) in [6.07, 6.45) is 15.1. The van der Waals surface area contributed by atoms with Crippen LogP contribution in [-0.4, -0.2) is 87.4 Å². The molecule has 0 radical (unpaired) electrons. The van der Waals surface area contributed by atoms with Gasteiger partial charge in [-0.2, -0.15) is 10.2 Å². The van der Waals surface area contributed by atoms with Crippen LogP contribution in [0.15, 0.2) is 73.8 Å². The molecule has 8 aromatic heterocycles. The topological polar surface area (TPSA) is 177 Å². The van der Waals surface area contributed by atoms with Gasteiger partial charge < -0.3 is 25.4 Å². The number of pyridine rings is 2. The Morgan fingerprint density at radius 3 is 1.79 bits per heavy atom. The first kappa shape index (κ1) is 35.1. The number of amides is 1. The van der Waals surface area contributed by atoms with Crippen LogP contribution in [0.1, 0.15) is 33.7 Å². The normalized spacial score (nSPS) is 19.3. The molecule has 12 rings (SSSR count). The van der Waals surface area contributed by atoms with Crippen LogP contribution in [0.4, 0.5) is 23.0 Å². The Bertz CT molecular complexity index is 2910. The smallest absolute Gasteiger partial charge is 0.306 e. The molecule has 0 saturated carbocycles. The second-order valence-electron chi connectivity index (χ2n) is 15.7. The number of carboxylic acids is 1. The number of carbonyl (C=O) groups is 2. The number of hydrogen-bond donors (Lipinski definition) is 3. The van der Waals surface area contributed by atoms with Gasteiger partial charge in [0.1, 0.15) is 34.0 Å². The summed E-state index contributed by atoms with van der Waals surface area (Å²) in [4.78, 5) is 48.7. The van der Waals surface area contributed by atoms with E-state index in [1.165, 1.54) is 16.0 Å². The van der Waals surface area contributed by atoms with E-state index in [0.29, 0.717) is 18.7 Å². The number of carbonyl (C=O) groups excluding carboxylic acids is 1. The molecule has 1 amide bonds. The van der Waals surface area contributed by atoms with Crippen molar-refractivity contribution in [3.8, 4) is 0 Å². The van der Waals surface area contributed by atoms with Crippen molar-refractivity contribution in [1.29, 1.82) is 0 Å². The van der Waals surface area contributed by atoms with Crippen molar-refractivity contribution in [2.24, 2.45) is 17.3 Å². The number of ether oxygens (including phenoxy) is 1. The number of carboxylic acid groups (broad SMARTS) is 1. The number of aryl methyl sites for hydroxylation is 2. The molecule has 2 aliphatic heterocycles. The van der Waals surface area contributed by atoms with Gasteiger partial charge in [0, 0.05) is 64.9 Å². The van der Waals surface area contributed by atoms with Crippen LogP contribution < -0.4 is 10.6 Å². The van der Waals surface area contributed by atoms with Crippen LogP contribution in [0.25, 0.3) is 31.5 Å². The highest BCUT2D eigenvalue weighted by Crippen LogP contribution is 2.44. The molecular weight excluding hydrogens is 775 g/mol. The summed E-state index contributed by atoms with van der Waals surface area (Å²) in [7, 11) is 0. The van der Waals surface area contributed by atoms with Gasteiger partial charge in [0.2, 0.25) is 5.91 Å². The molecule has 15 nitrogen and oxygen atoms in total. The average molecular weight is 812 g/mol. The van der Waals surface area contributed by atoms with Gasteiger partial charge in [-0.25, -0.2) is 29.0 Å². The lowest BCUT2D eigenvalue weighted by Gasteiger charge is -2.55. The quantitative estimate of drug-likeness (QED) is 0.171. The summed E-state index contributed by atoms with van der Waals surface area (Å²) in [5.74, 6) is 0.962. The SMILES string of the molecule is O=C(O)[C@H]1CCc2c(sc3ncnc(Nc4ccn5nccc5c4)c23)C1.O=C([C@H]1CCc2c(sc3ncnc(Nc4ccn5nccc5c4)c23)C1)N1CC2(COC2)C1. The number of rotatable bonds is 6. The molecule has 8 aromatic rings. The third kappa shape index (κ3) is 6.11. The van der Waals surface area contributed by atoms with Crippen LogP contribution in [-0.2, 0) is 40.0 Å². The highest BCUT2D eigenvalue weighted by molar-refractivity contribution is 7.19. The van der Waals surface area contributed by atoms with Gasteiger partial charge in [-0.05, 0) is 86.1 Å². The van der Waals surface area contributed by atoms with E-state index in [1.807, 2.05) is 52.1 Å². The van der Waals surface area contributed by atoms with Crippen molar-refractivity contribution in [2.75, 3.05) is 36.9 Å². The van der Waals surface area contributed by atoms with E-state index < -0.39 is 5.97 Å². The van der Waals surface area contributed by atoms with Crippen molar-refractivity contribution in [3.63, 3.8) is 0 Å². The Morgan fingerprint density at radius 1 is 0.741 bits per heavy atom. The lowest BCUT2D eigenvalue weighted by molar-refractivity contribution is -0.197. The standard InChI is InChI=1S/C23H22N6O2S.C18H15N5O2S/c30-22(28-9-23(10-28)11-31-12-23)14-1-2-17-18(7-14)32-21-19(17)20(24-13-25-21)27-15-4-6-29-16(8-15)3-5-26-29;24-18(25)10-1-2-13-14(7-10)26-17-15(13)16(19-9-20-17)22-11-4-6-23-12(8-11)3-5-21-23/h3-6,8,13-14H,1-2,7,9-12H2,(H,24,25,27);3-6,8-10H,1-2,7H2,(H,24,25)(H,19,20,22)/t14-;10-/m00/s1. The second-order valence-corrected chi connectivity index (χ2v) is 17.9. The van der Waals surface area contributed by atoms with Crippen molar-refractivity contribution in [2.45, 2.75) is 38.5 Å². The Labute approximate surface area is 338 Å². The highest BCUT2D eigenvalue weighted by atomic mass is 32.1. The lowest BCUT2D eigenvalue weighted by Crippen LogP contribution is -2.68. The van der Waals surface area contributed by atoms with E-state index in [4.69, 9.17) is 4.74 Å². The molecule has 0 unspecified atom stereocenters. The largest absolute Gasteiger partial charge is 0.481 e. The Kier molecular flexibility index (Phi) is 8.37. The van der Waals surface area contributed by atoms with Crippen LogP contribution in [0.3, 0.4) is 0 Å². The maximum Gasteiger partial charge on any atom is 0.306 e. The number of aliphatic carboxylic acids is 1. The van der Waals surface area contributed by atoms with Gasteiger partial charge in [0.05, 0.1) is 46.4 Å². The molecule has 0 aromatic carbocycles. The lowest BCUT2D eigenvalue weighted by atomic mass is 9.76. The predicted octanol–water partition coefficient (Wildman–Crippen LogP) is 6.32. The molecule has 2 saturated heterocycles. The highest BCUT2D eigenvalue weighted by Gasteiger charge is 2.51. The van der Waals surface area contributed by atoms with E-state index in [9.17, 15) is 14.7 Å². The average Bonchev–Trinajstić information content (AvgIpc) is 4.01. The van der Waals surface area contributed by atoms with Crippen molar-refractivity contribution < 1.29 is 19.4 Å². The summed E-state index contributed by atoms with van der Waals surface area (Å²) in [5, 5.41) is 26.8. The first-order valence-corrected chi connectivity index (χ1v) is 21.0. The van der Waals surface area contributed by atoms with E-state index in [0.717, 1.165) is 111 Å². The number of nitrogens with zero attached hydrogens (tertiary/aromatic N) is 9. The first-order chi connectivity index (χ1) is 28.4. The number of hydrogen-bond acceptors (Lipinski definition) is 13. The van der Waals surface area contributed by atoms with Gasteiger partial charge in [-0.3, -0.25) is 9.59 Å². The molecule has 2 atom stereocenters. The van der Waals surface area contributed by atoms with Crippen LogP contribution in [0, 0.1) is 17.3 Å². The monoisotopic (exact) mass is 811 g/mol. The molecule has 2 fully saturated rings. The number of thiophene rings is 2. The Balaban J connectivity index is 0.000000136. The van der Waals surface area contributed by atoms with Gasteiger partial charge in [0.15, 0.2) is 0 Å². The Hall–Kier alpha value is -6.04. The zero-order chi connectivity index (χ0) is 39.0. The second kappa shape index (κ2) is 13.8. The van der Waals surface area contributed by atoms with Crippen molar-refractivity contribution >= 4 is 89.0 Å². The Morgan fingerprint density at radius 2 is 1.28 bits per heavy atom. The van der Waals surface area contributed by atoms with E-state index >= 15 is 0 Å². The summed E-state index contributed by atoms with van der Waals surface area (Å²) in [6.45, 7) is 3.35. The molecule has 4 aliphatic rings. The maximum absolute atomic E-state index is 13.1. The fourth-order valence-electron chi connectivity index (χ4n) is 8.85. The molecule has 0 bridgehead atoms.